The molecule has 1 heterocycles. The molecular formula is C12H12F3N3S. The lowest BCUT2D eigenvalue weighted by Crippen LogP contribution is -2.08. The highest BCUT2D eigenvalue weighted by Gasteiger charge is 2.30. The van der Waals surface area contributed by atoms with Gasteiger partial charge in [0, 0.05) is 30.9 Å². The van der Waals surface area contributed by atoms with Gasteiger partial charge in [0.25, 0.3) is 0 Å². The van der Waals surface area contributed by atoms with E-state index in [4.69, 9.17) is 5.73 Å². The first kappa shape index (κ1) is 14.0. The van der Waals surface area contributed by atoms with Crippen molar-refractivity contribution in [1.29, 1.82) is 0 Å². The second-order valence-electron chi connectivity index (χ2n) is 3.95. The smallest absolute Gasteiger partial charge is 0.329 e. The van der Waals surface area contributed by atoms with Crippen LogP contribution in [0.4, 0.5) is 13.2 Å². The van der Waals surface area contributed by atoms with Crippen LogP contribution in [0.5, 0.6) is 0 Å². The van der Waals surface area contributed by atoms with E-state index < -0.39 is 11.7 Å². The van der Waals surface area contributed by atoms with Crippen molar-refractivity contribution in [2.24, 2.45) is 12.8 Å². The summed E-state index contributed by atoms with van der Waals surface area (Å²) in [6, 6.07) is 3.58. The average molecular weight is 287 g/mol. The Balaban J connectivity index is 2.34. The molecule has 2 N–H and O–H groups in total. The zero-order chi connectivity index (χ0) is 14.0. The van der Waals surface area contributed by atoms with Crippen molar-refractivity contribution in [3.63, 3.8) is 0 Å². The van der Waals surface area contributed by atoms with Crippen LogP contribution < -0.4 is 5.73 Å². The van der Waals surface area contributed by atoms with Crippen LogP contribution in [-0.4, -0.2) is 9.55 Å². The molecule has 0 unspecified atom stereocenters. The highest BCUT2D eigenvalue weighted by atomic mass is 32.2. The number of hydrogen-bond donors (Lipinski definition) is 1. The largest absolute Gasteiger partial charge is 0.416 e. The number of halogens is 3. The SMILES string of the molecule is Cn1ccnc1Sc1ccc(C(F)(F)F)cc1CN. The molecule has 0 aliphatic carbocycles. The Labute approximate surface area is 112 Å². The van der Waals surface area contributed by atoms with Crippen molar-refractivity contribution in [2.45, 2.75) is 22.8 Å². The first-order valence-corrected chi connectivity index (χ1v) is 6.29. The van der Waals surface area contributed by atoms with Crippen molar-refractivity contribution in [2.75, 3.05) is 0 Å². The van der Waals surface area contributed by atoms with Crippen LogP contribution in [-0.2, 0) is 19.8 Å². The molecule has 7 heteroatoms. The molecular weight excluding hydrogens is 275 g/mol. The van der Waals surface area contributed by atoms with Crippen LogP contribution >= 0.6 is 11.8 Å². The lowest BCUT2D eigenvalue weighted by molar-refractivity contribution is -0.137. The Hall–Kier alpha value is -1.47. The third-order valence-electron chi connectivity index (χ3n) is 2.59. The van der Waals surface area contributed by atoms with Crippen molar-refractivity contribution in [3.8, 4) is 0 Å². The second-order valence-corrected chi connectivity index (χ2v) is 4.96. The van der Waals surface area contributed by atoms with Gasteiger partial charge in [-0.15, -0.1) is 0 Å². The van der Waals surface area contributed by atoms with Crippen molar-refractivity contribution < 1.29 is 13.2 Å². The zero-order valence-electron chi connectivity index (χ0n) is 10.1. The number of imidazole rings is 1. The summed E-state index contributed by atoms with van der Waals surface area (Å²) in [7, 11) is 1.82. The normalized spacial score (nSPS) is 11.8. The first-order chi connectivity index (χ1) is 8.91. The fraction of sp³-hybridized carbons (Fsp3) is 0.250. The maximum Gasteiger partial charge on any atom is 0.416 e. The summed E-state index contributed by atoms with van der Waals surface area (Å²) in [5.41, 5.74) is 5.30. The number of nitrogens with two attached hydrogens (primary N) is 1. The minimum atomic E-state index is -4.35. The van der Waals surface area contributed by atoms with Gasteiger partial charge in [-0.2, -0.15) is 13.2 Å². The Morgan fingerprint density at radius 3 is 2.63 bits per heavy atom. The highest BCUT2D eigenvalue weighted by Crippen LogP contribution is 2.34. The summed E-state index contributed by atoms with van der Waals surface area (Å²) in [5, 5.41) is 0.703. The molecule has 0 aliphatic heterocycles. The predicted molar refractivity (Wildman–Crippen MR) is 66.7 cm³/mol. The van der Waals surface area contributed by atoms with Gasteiger partial charge in [-0.25, -0.2) is 4.98 Å². The fourth-order valence-corrected chi connectivity index (χ4v) is 2.49. The Morgan fingerprint density at radius 1 is 1.37 bits per heavy atom. The minimum absolute atomic E-state index is 0.0523. The summed E-state index contributed by atoms with van der Waals surface area (Å²) in [5.74, 6) is 0. The topological polar surface area (TPSA) is 43.8 Å². The van der Waals surface area contributed by atoms with Gasteiger partial charge >= 0.3 is 6.18 Å². The van der Waals surface area contributed by atoms with E-state index in [-0.39, 0.29) is 6.54 Å². The maximum atomic E-state index is 12.6. The highest BCUT2D eigenvalue weighted by molar-refractivity contribution is 7.99. The number of rotatable bonds is 3. The molecule has 0 radical (unpaired) electrons. The van der Waals surface area contributed by atoms with Gasteiger partial charge < -0.3 is 10.3 Å². The van der Waals surface area contributed by atoms with Gasteiger partial charge in [-0.1, -0.05) is 11.8 Å². The molecule has 0 amide bonds. The number of alkyl halides is 3. The Bertz CT molecular complexity index is 578. The monoisotopic (exact) mass is 287 g/mol. The molecule has 1 aromatic heterocycles. The molecule has 0 saturated carbocycles. The summed E-state index contributed by atoms with van der Waals surface area (Å²) in [4.78, 5) is 4.81. The summed E-state index contributed by atoms with van der Waals surface area (Å²) >= 11 is 1.30. The van der Waals surface area contributed by atoms with Gasteiger partial charge in [0.15, 0.2) is 5.16 Å². The molecule has 102 valence electrons. The summed E-state index contributed by atoms with van der Waals surface area (Å²) in [6.45, 7) is 0.0523. The van der Waals surface area contributed by atoms with Gasteiger partial charge in [-0.05, 0) is 23.8 Å². The van der Waals surface area contributed by atoms with Crippen molar-refractivity contribution in [3.05, 3.63) is 41.7 Å². The molecule has 0 fully saturated rings. The van der Waals surface area contributed by atoms with Crippen molar-refractivity contribution >= 4 is 11.8 Å². The summed E-state index contributed by atoms with van der Waals surface area (Å²) in [6.07, 6.45) is -0.945. The van der Waals surface area contributed by atoms with Gasteiger partial charge in [0.2, 0.25) is 0 Å². The second kappa shape index (κ2) is 5.26. The predicted octanol–water partition coefficient (Wildman–Crippen LogP) is 3.05. The molecule has 0 aliphatic rings. The maximum absolute atomic E-state index is 12.6. The number of hydrogen-bond acceptors (Lipinski definition) is 3. The lowest BCUT2D eigenvalue weighted by Gasteiger charge is -2.12. The van der Waals surface area contributed by atoms with Crippen LogP contribution in [0.3, 0.4) is 0 Å². The van der Waals surface area contributed by atoms with E-state index in [9.17, 15) is 13.2 Å². The number of benzene rings is 1. The molecule has 19 heavy (non-hydrogen) atoms. The van der Waals surface area contributed by atoms with Crippen LogP contribution in [0.2, 0.25) is 0 Å². The van der Waals surface area contributed by atoms with Crippen LogP contribution in [0.25, 0.3) is 0 Å². The quantitative estimate of drug-likeness (QED) is 0.943. The van der Waals surface area contributed by atoms with E-state index in [1.807, 2.05) is 7.05 Å². The molecule has 0 bridgehead atoms. The fourth-order valence-electron chi connectivity index (χ4n) is 1.56. The van der Waals surface area contributed by atoms with E-state index in [0.29, 0.717) is 15.6 Å². The van der Waals surface area contributed by atoms with Crippen LogP contribution in [0.1, 0.15) is 11.1 Å². The molecule has 0 atom stereocenters. The Kier molecular flexibility index (Phi) is 3.86. The van der Waals surface area contributed by atoms with Gasteiger partial charge in [-0.3, -0.25) is 0 Å². The van der Waals surface area contributed by atoms with E-state index >= 15 is 0 Å². The molecule has 1 aromatic carbocycles. The number of aryl methyl sites for hydroxylation is 1. The standard InChI is InChI=1S/C12H12F3N3S/c1-18-5-4-17-11(18)19-10-3-2-9(12(13,14)15)6-8(10)7-16/h2-6H,7,16H2,1H3. The lowest BCUT2D eigenvalue weighted by atomic mass is 10.1. The van der Waals surface area contributed by atoms with Gasteiger partial charge in [0.1, 0.15) is 0 Å². The third kappa shape index (κ3) is 3.10. The molecule has 3 nitrogen and oxygen atoms in total. The minimum Gasteiger partial charge on any atom is -0.329 e. The molecule has 0 saturated heterocycles. The third-order valence-corrected chi connectivity index (χ3v) is 3.78. The molecule has 2 rings (SSSR count). The number of nitrogens with zero attached hydrogens (tertiary/aromatic N) is 2. The zero-order valence-corrected chi connectivity index (χ0v) is 10.9. The van der Waals surface area contributed by atoms with E-state index in [0.717, 1.165) is 12.1 Å². The van der Waals surface area contributed by atoms with E-state index in [2.05, 4.69) is 4.98 Å². The van der Waals surface area contributed by atoms with Crippen LogP contribution in [0.15, 0.2) is 40.6 Å². The average Bonchev–Trinajstić information content (AvgIpc) is 2.74. The number of aromatic nitrogens is 2. The van der Waals surface area contributed by atoms with Gasteiger partial charge in [0.05, 0.1) is 5.56 Å². The Morgan fingerprint density at radius 2 is 2.11 bits per heavy atom. The van der Waals surface area contributed by atoms with Crippen LogP contribution in [0, 0.1) is 0 Å². The molecule has 0 spiro atoms. The summed E-state index contributed by atoms with van der Waals surface area (Å²) < 4.78 is 39.6. The van der Waals surface area contributed by atoms with E-state index in [1.165, 1.54) is 17.8 Å². The first-order valence-electron chi connectivity index (χ1n) is 5.47. The van der Waals surface area contributed by atoms with Crippen molar-refractivity contribution in [1.82, 2.24) is 9.55 Å². The van der Waals surface area contributed by atoms with E-state index in [1.54, 1.807) is 17.0 Å². The molecule has 2 aromatic rings.